The van der Waals surface area contributed by atoms with E-state index in [1.54, 1.807) is 12.1 Å². The average Bonchev–Trinajstić information content (AvgIpc) is 3.23. The fourth-order valence-corrected chi connectivity index (χ4v) is 3.80. The summed E-state index contributed by atoms with van der Waals surface area (Å²) in [5.74, 6) is -1.60. The van der Waals surface area contributed by atoms with Crippen LogP contribution in [-0.4, -0.2) is 20.9 Å². The number of halogens is 4. The van der Waals surface area contributed by atoms with Crippen molar-refractivity contribution in [1.82, 2.24) is 15.0 Å². The Morgan fingerprint density at radius 1 is 1.13 bits per heavy atom. The molecule has 0 aliphatic heterocycles. The molecule has 0 radical (unpaired) electrons. The Labute approximate surface area is 171 Å². The molecule has 10 heteroatoms. The Balaban J connectivity index is 1.77. The van der Waals surface area contributed by atoms with Gasteiger partial charge in [-0.05, 0) is 44.2 Å². The first-order chi connectivity index (χ1) is 14.1. The highest BCUT2D eigenvalue weighted by Gasteiger charge is 2.35. The van der Waals surface area contributed by atoms with Crippen molar-refractivity contribution in [2.24, 2.45) is 0 Å². The van der Waals surface area contributed by atoms with Crippen LogP contribution in [0.3, 0.4) is 0 Å². The number of benzene rings is 2. The molecule has 0 saturated carbocycles. The summed E-state index contributed by atoms with van der Waals surface area (Å²) in [6.45, 7) is 3.70. The highest BCUT2D eigenvalue weighted by atomic mass is 32.1. The minimum Gasteiger partial charge on any atom is -0.338 e. The number of alkyl halides is 3. The summed E-state index contributed by atoms with van der Waals surface area (Å²) in [5.41, 5.74) is 0.0932. The monoisotopic (exact) mass is 434 g/mol. The molecule has 2 aromatic carbocycles. The predicted octanol–water partition coefficient (Wildman–Crippen LogP) is 5.71. The lowest BCUT2D eigenvalue weighted by molar-refractivity contribution is -0.137. The van der Waals surface area contributed by atoms with Crippen molar-refractivity contribution in [3.8, 4) is 11.4 Å². The molecule has 30 heavy (non-hydrogen) atoms. The molecule has 0 atom stereocenters. The van der Waals surface area contributed by atoms with Crippen molar-refractivity contribution in [3.05, 3.63) is 63.9 Å². The molecule has 4 rings (SSSR count). The molecule has 0 unspecified atom stereocenters. The van der Waals surface area contributed by atoms with E-state index in [0.717, 1.165) is 22.7 Å². The summed E-state index contributed by atoms with van der Waals surface area (Å²) in [5, 5.41) is 3.11. The molecule has 5 nitrogen and oxygen atoms in total. The van der Waals surface area contributed by atoms with Crippen molar-refractivity contribution in [2.75, 3.05) is 5.32 Å². The molecule has 1 amide bonds. The number of hydrogen-bond donors (Lipinski definition) is 2. The second kappa shape index (κ2) is 7.21. The molecule has 0 saturated heterocycles. The standard InChI is InChI=1S/C20H14F4N4OS/c1-9-10(2)30-19(25-9)28-18(29)13-4-3-5-15-16(13)27-17(26-15)12-7-6-11(21)8-14(12)20(22,23)24/h3-8H,1-2H3,(H,26,27)(H,25,28,29). The Bertz CT molecular complexity index is 1260. The van der Waals surface area contributed by atoms with E-state index in [9.17, 15) is 22.4 Å². The van der Waals surface area contributed by atoms with Crippen LogP contribution in [0.15, 0.2) is 36.4 Å². The van der Waals surface area contributed by atoms with Gasteiger partial charge in [0, 0.05) is 10.4 Å². The van der Waals surface area contributed by atoms with Gasteiger partial charge in [-0.15, -0.1) is 11.3 Å². The third-order valence-corrected chi connectivity index (χ3v) is 5.54. The van der Waals surface area contributed by atoms with Crippen LogP contribution >= 0.6 is 11.3 Å². The van der Waals surface area contributed by atoms with Crippen LogP contribution in [-0.2, 0) is 6.18 Å². The number of fused-ring (bicyclic) bond motifs is 1. The predicted molar refractivity (Wildman–Crippen MR) is 106 cm³/mol. The zero-order chi connectivity index (χ0) is 21.6. The molecule has 2 heterocycles. The lowest BCUT2D eigenvalue weighted by Crippen LogP contribution is -2.12. The van der Waals surface area contributed by atoms with E-state index in [1.165, 1.54) is 17.4 Å². The molecule has 2 N–H and O–H groups in total. The molecule has 154 valence electrons. The molecule has 0 spiro atoms. The molecule has 0 aliphatic rings. The van der Waals surface area contributed by atoms with Gasteiger partial charge in [-0.25, -0.2) is 14.4 Å². The quantitative estimate of drug-likeness (QED) is 0.406. The summed E-state index contributed by atoms with van der Waals surface area (Å²) in [6.07, 6.45) is -4.77. The van der Waals surface area contributed by atoms with Crippen LogP contribution in [0.1, 0.15) is 26.5 Å². The fourth-order valence-electron chi connectivity index (χ4n) is 2.99. The fraction of sp³-hybridized carbons (Fsp3) is 0.150. The van der Waals surface area contributed by atoms with Gasteiger partial charge in [0.05, 0.1) is 22.3 Å². The maximum Gasteiger partial charge on any atom is 0.417 e. The normalized spacial score (nSPS) is 11.8. The zero-order valence-electron chi connectivity index (χ0n) is 15.7. The number of imidazole rings is 1. The highest BCUT2D eigenvalue weighted by Crippen LogP contribution is 2.37. The number of amides is 1. The number of carbonyl (C=O) groups is 1. The molecular weight excluding hydrogens is 420 g/mol. The summed E-state index contributed by atoms with van der Waals surface area (Å²) in [4.78, 5) is 25.0. The van der Waals surface area contributed by atoms with Gasteiger partial charge < -0.3 is 4.98 Å². The van der Waals surface area contributed by atoms with Gasteiger partial charge in [0.15, 0.2) is 5.13 Å². The van der Waals surface area contributed by atoms with Crippen molar-refractivity contribution in [2.45, 2.75) is 20.0 Å². The number of nitrogens with one attached hydrogen (secondary N) is 2. The lowest BCUT2D eigenvalue weighted by atomic mass is 10.1. The summed E-state index contributed by atoms with van der Waals surface area (Å²) in [6, 6.07) is 7.06. The third kappa shape index (κ3) is 3.65. The number of hydrogen-bond acceptors (Lipinski definition) is 4. The van der Waals surface area contributed by atoms with E-state index in [-0.39, 0.29) is 22.5 Å². The highest BCUT2D eigenvalue weighted by molar-refractivity contribution is 7.15. The Kier molecular flexibility index (Phi) is 4.81. The number of para-hydroxylation sites is 1. The zero-order valence-corrected chi connectivity index (χ0v) is 16.5. The van der Waals surface area contributed by atoms with Crippen molar-refractivity contribution in [1.29, 1.82) is 0 Å². The SMILES string of the molecule is Cc1nc(NC(=O)c2cccc3[nH]c(-c4ccc(F)cc4C(F)(F)F)nc23)sc1C. The Morgan fingerprint density at radius 2 is 1.90 bits per heavy atom. The minimum atomic E-state index is -4.77. The average molecular weight is 434 g/mol. The Morgan fingerprint density at radius 3 is 2.57 bits per heavy atom. The molecule has 4 aromatic rings. The summed E-state index contributed by atoms with van der Waals surface area (Å²) < 4.78 is 53.5. The largest absolute Gasteiger partial charge is 0.417 e. The molecule has 0 fully saturated rings. The van der Waals surface area contributed by atoms with Gasteiger partial charge in [0.1, 0.15) is 17.2 Å². The maximum atomic E-state index is 13.4. The van der Waals surface area contributed by atoms with Gasteiger partial charge in [-0.1, -0.05) is 6.07 Å². The molecular formula is C20H14F4N4OS. The van der Waals surface area contributed by atoms with Gasteiger partial charge in [-0.2, -0.15) is 13.2 Å². The maximum absolute atomic E-state index is 13.4. The number of thiazole rings is 1. The number of anilines is 1. The first-order valence-electron chi connectivity index (χ1n) is 8.74. The number of H-pyrrole nitrogens is 1. The second-order valence-corrected chi connectivity index (χ2v) is 7.79. The van der Waals surface area contributed by atoms with Gasteiger partial charge in [-0.3, -0.25) is 10.1 Å². The van der Waals surface area contributed by atoms with Crippen LogP contribution in [0.4, 0.5) is 22.7 Å². The van der Waals surface area contributed by atoms with Gasteiger partial charge >= 0.3 is 6.18 Å². The van der Waals surface area contributed by atoms with E-state index in [1.807, 2.05) is 13.8 Å². The van der Waals surface area contributed by atoms with E-state index in [4.69, 9.17) is 0 Å². The van der Waals surface area contributed by atoms with Crippen LogP contribution in [0.25, 0.3) is 22.4 Å². The number of rotatable bonds is 3. The van der Waals surface area contributed by atoms with Crippen molar-refractivity contribution < 1.29 is 22.4 Å². The van der Waals surface area contributed by atoms with E-state index >= 15 is 0 Å². The second-order valence-electron chi connectivity index (χ2n) is 6.59. The Hall–Kier alpha value is -3.27. The van der Waals surface area contributed by atoms with Crippen LogP contribution in [0.5, 0.6) is 0 Å². The van der Waals surface area contributed by atoms with Crippen molar-refractivity contribution in [3.63, 3.8) is 0 Å². The number of aromatic nitrogens is 3. The van der Waals surface area contributed by atoms with Crippen LogP contribution in [0, 0.1) is 19.7 Å². The summed E-state index contributed by atoms with van der Waals surface area (Å²) >= 11 is 1.32. The molecule has 0 aliphatic carbocycles. The van der Waals surface area contributed by atoms with Crippen molar-refractivity contribution >= 4 is 33.4 Å². The first-order valence-corrected chi connectivity index (χ1v) is 9.56. The summed E-state index contributed by atoms with van der Waals surface area (Å²) in [7, 11) is 0. The van der Waals surface area contributed by atoms with E-state index in [0.29, 0.717) is 16.7 Å². The van der Waals surface area contributed by atoms with Crippen LogP contribution < -0.4 is 5.32 Å². The van der Waals surface area contributed by atoms with E-state index in [2.05, 4.69) is 20.3 Å². The first kappa shape index (κ1) is 20.0. The van der Waals surface area contributed by atoms with Gasteiger partial charge in [0.2, 0.25) is 0 Å². The lowest BCUT2D eigenvalue weighted by Gasteiger charge is -2.11. The number of aromatic amines is 1. The topological polar surface area (TPSA) is 70.7 Å². The molecule has 2 aromatic heterocycles. The number of aryl methyl sites for hydroxylation is 2. The number of carbonyl (C=O) groups excluding carboxylic acids is 1. The third-order valence-electron chi connectivity index (χ3n) is 4.55. The van der Waals surface area contributed by atoms with Gasteiger partial charge in [0.25, 0.3) is 5.91 Å². The molecule has 0 bridgehead atoms. The smallest absolute Gasteiger partial charge is 0.338 e. The number of nitrogens with zero attached hydrogens (tertiary/aromatic N) is 2. The van der Waals surface area contributed by atoms with E-state index < -0.39 is 23.5 Å². The van der Waals surface area contributed by atoms with Crippen LogP contribution in [0.2, 0.25) is 0 Å². The minimum absolute atomic E-state index is 0.112.